The molecular formula is C19H30N4O. The fourth-order valence-corrected chi connectivity index (χ4v) is 2.40. The van der Waals surface area contributed by atoms with Crippen LogP contribution in [-0.4, -0.2) is 62.9 Å². The average Bonchev–Trinajstić information content (AvgIpc) is 2.58. The molecule has 1 amide bonds. The Balaban J connectivity index is 2.52. The van der Waals surface area contributed by atoms with Crippen LogP contribution in [0.25, 0.3) is 0 Å². The van der Waals surface area contributed by atoms with Crippen molar-refractivity contribution in [2.75, 3.05) is 41.3 Å². The summed E-state index contributed by atoms with van der Waals surface area (Å²) >= 11 is 0. The van der Waals surface area contributed by atoms with Gasteiger partial charge in [0.05, 0.1) is 0 Å². The quantitative estimate of drug-likeness (QED) is 0.345. The van der Waals surface area contributed by atoms with Crippen molar-refractivity contribution in [1.29, 1.82) is 0 Å². The van der Waals surface area contributed by atoms with E-state index in [9.17, 15) is 4.79 Å². The van der Waals surface area contributed by atoms with Gasteiger partial charge in [0.2, 0.25) is 0 Å². The van der Waals surface area contributed by atoms with Crippen LogP contribution in [0.15, 0.2) is 41.9 Å². The lowest BCUT2D eigenvalue weighted by Gasteiger charge is -2.22. The van der Waals surface area contributed by atoms with E-state index in [1.165, 1.54) is 0 Å². The molecule has 1 rings (SSSR count). The lowest BCUT2D eigenvalue weighted by Crippen LogP contribution is -2.40. The molecule has 0 aliphatic heterocycles. The van der Waals surface area contributed by atoms with Crippen molar-refractivity contribution in [1.82, 2.24) is 15.1 Å². The zero-order chi connectivity index (χ0) is 17.9. The van der Waals surface area contributed by atoms with E-state index in [2.05, 4.69) is 21.8 Å². The summed E-state index contributed by atoms with van der Waals surface area (Å²) in [6.07, 6.45) is 4.85. The summed E-state index contributed by atoms with van der Waals surface area (Å²) in [4.78, 5) is 20.0. The van der Waals surface area contributed by atoms with Gasteiger partial charge in [-0.25, -0.2) is 0 Å². The Morgan fingerprint density at radius 1 is 1.33 bits per heavy atom. The largest absolute Gasteiger partial charge is 0.356 e. The Kier molecular flexibility index (Phi) is 8.61. The highest BCUT2D eigenvalue weighted by atomic mass is 16.2. The highest BCUT2D eigenvalue weighted by Crippen LogP contribution is 2.08. The maximum Gasteiger partial charge on any atom is 0.253 e. The average molecular weight is 330 g/mol. The smallest absolute Gasteiger partial charge is 0.253 e. The van der Waals surface area contributed by atoms with Gasteiger partial charge in [0.1, 0.15) is 0 Å². The molecule has 0 aliphatic carbocycles. The van der Waals surface area contributed by atoms with Crippen molar-refractivity contribution in [3.63, 3.8) is 0 Å². The fourth-order valence-electron chi connectivity index (χ4n) is 2.40. The predicted molar refractivity (Wildman–Crippen MR) is 102 cm³/mol. The normalized spacial score (nSPS) is 11.1. The number of rotatable bonds is 8. The van der Waals surface area contributed by atoms with Crippen LogP contribution in [0.4, 0.5) is 0 Å². The molecule has 0 aromatic heterocycles. The Labute approximate surface area is 146 Å². The number of amides is 1. The highest BCUT2D eigenvalue weighted by Gasteiger charge is 2.08. The number of aliphatic imine (C=N–C) groups is 1. The van der Waals surface area contributed by atoms with Gasteiger partial charge in [0.15, 0.2) is 5.96 Å². The lowest BCUT2D eigenvalue weighted by molar-refractivity contribution is 0.0827. The molecule has 5 heteroatoms. The van der Waals surface area contributed by atoms with Crippen LogP contribution in [0.3, 0.4) is 0 Å². The van der Waals surface area contributed by atoms with Crippen LogP contribution in [0, 0.1) is 0 Å². The SMILES string of the molecule is C=CCCCN(C)C(=NC)NCCc1cccc(C(=O)N(C)C)c1. The van der Waals surface area contributed by atoms with Crippen LogP contribution in [-0.2, 0) is 6.42 Å². The third-order valence-electron chi connectivity index (χ3n) is 3.75. The molecule has 5 nitrogen and oxygen atoms in total. The van der Waals surface area contributed by atoms with E-state index in [1.54, 1.807) is 26.0 Å². The number of carbonyl (C=O) groups is 1. The van der Waals surface area contributed by atoms with E-state index in [0.717, 1.165) is 49.4 Å². The van der Waals surface area contributed by atoms with Crippen LogP contribution in [0.1, 0.15) is 28.8 Å². The lowest BCUT2D eigenvalue weighted by atomic mass is 10.1. The van der Waals surface area contributed by atoms with E-state index >= 15 is 0 Å². The summed E-state index contributed by atoms with van der Waals surface area (Å²) < 4.78 is 0. The second-order valence-corrected chi connectivity index (χ2v) is 5.98. The first-order chi connectivity index (χ1) is 11.5. The molecule has 24 heavy (non-hydrogen) atoms. The van der Waals surface area contributed by atoms with E-state index in [1.807, 2.05) is 37.4 Å². The van der Waals surface area contributed by atoms with E-state index < -0.39 is 0 Å². The second kappa shape index (κ2) is 10.5. The first-order valence-corrected chi connectivity index (χ1v) is 8.32. The Morgan fingerprint density at radius 3 is 2.71 bits per heavy atom. The van der Waals surface area contributed by atoms with Gasteiger partial charge in [-0.2, -0.15) is 0 Å². The number of hydrogen-bond donors (Lipinski definition) is 1. The number of carbonyl (C=O) groups excluding carboxylic acids is 1. The van der Waals surface area contributed by atoms with Crippen molar-refractivity contribution in [2.24, 2.45) is 4.99 Å². The number of allylic oxidation sites excluding steroid dienone is 1. The number of benzene rings is 1. The van der Waals surface area contributed by atoms with Crippen molar-refractivity contribution < 1.29 is 4.79 Å². The predicted octanol–water partition coefficient (Wildman–Crippen LogP) is 2.40. The van der Waals surface area contributed by atoms with Gasteiger partial charge < -0.3 is 15.1 Å². The van der Waals surface area contributed by atoms with Gasteiger partial charge >= 0.3 is 0 Å². The van der Waals surface area contributed by atoms with E-state index in [0.29, 0.717) is 0 Å². The first kappa shape index (κ1) is 19.7. The molecule has 0 heterocycles. The second-order valence-electron chi connectivity index (χ2n) is 5.98. The molecule has 0 aliphatic rings. The summed E-state index contributed by atoms with van der Waals surface area (Å²) in [5.74, 6) is 0.919. The van der Waals surface area contributed by atoms with Gasteiger partial charge in [-0.15, -0.1) is 6.58 Å². The van der Waals surface area contributed by atoms with Crippen molar-refractivity contribution in [3.8, 4) is 0 Å². The maximum atomic E-state index is 12.0. The molecule has 1 aromatic carbocycles. The molecule has 1 N–H and O–H groups in total. The number of nitrogens with one attached hydrogen (secondary N) is 1. The molecule has 132 valence electrons. The number of unbranched alkanes of at least 4 members (excludes halogenated alkanes) is 1. The minimum absolute atomic E-state index is 0.0302. The van der Waals surface area contributed by atoms with Gasteiger partial charge in [-0.3, -0.25) is 9.79 Å². The van der Waals surface area contributed by atoms with E-state index in [4.69, 9.17) is 0 Å². The summed E-state index contributed by atoms with van der Waals surface area (Å²) in [6, 6.07) is 7.79. The Morgan fingerprint density at radius 2 is 2.08 bits per heavy atom. The monoisotopic (exact) mass is 330 g/mol. The molecule has 0 radical (unpaired) electrons. The first-order valence-electron chi connectivity index (χ1n) is 8.32. The van der Waals surface area contributed by atoms with Crippen LogP contribution >= 0.6 is 0 Å². The minimum Gasteiger partial charge on any atom is -0.356 e. The van der Waals surface area contributed by atoms with Crippen molar-refractivity contribution >= 4 is 11.9 Å². The summed E-state index contributed by atoms with van der Waals surface area (Å²) in [7, 11) is 7.36. The van der Waals surface area contributed by atoms with Gasteiger partial charge in [0, 0.05) is 46.8 Å². The van der Waals surface area contributed by atoms with Gasteiger partial charge in [-0.05, 0) is 37.0 Å². The fraction of sp³-hybridized carbons (Fsp3) is 0.474. The standard InChI is InChI=1S/C19H30N4O/c1-6-7-8-14-23(5)19(20-2)21-13-12-16-10-9-11-17(15-16)18(24)22(3)4/h6,9-11,15H,1,7-8,12-14H2,2-5H3,(H,20,21). The van der Waals surface area contributed by atoms with Crippen LogP contribution in [0.5, 0.6) is 0 Å². The van der Waals surface area contributed by atoms with E-state index in [-0.39, 0.29) is 5.91 Å². The Bertz CT molecular complexity index is 566. The van der Waals surface area contributed by atoms with Crippen molar-refractivity contribution in [3.05, 3.63) is 48.0 Å². The molecule has 1 aromatic rings. The molecule has 0 spiro atoms. The maximum absolute atomic E-state index is 12.0. The Hall–Kier alpha value is -2.30. The number of guanidine groups is 1. The molecular weight excluding hydrogens is 300 g/mol. The minimum atomic E-state index is 0.0302. The third kappa shape index (κ3) is 6.44. The third-order valence-corrected chi connectivity index (χ3v) is 3.75. The molecule has 0 saturated carbocycles. The molecule has 0 fully saturated rings. The molecule has 0 saturated heterocycles. The molecule has 0 bridgehead atoms. The highest BCUT2D eigenvalue weighted by molar-refractivity contribution is 5.94. The number of hydrogen-bond acceptors (Lipinski definition) is 2. The van der Waals surface area contributed by atoms with Crippen molar-refractivity contribution in [2.45, 2.75) is 19.3 Å². The topological polar surface area (TPSA) is 47.9 Å². The summed E-state index contributed by atoms with van der Waals surface area (Å²) in [6.45, 7) is 5.46. The summed E-state index contributed by atoms with van der Waals surface area (Å²) in [5, 5.41) is 3.37. The molecule has 0 atom stereocenters. The zero-order valence-electron chi connectivity index (χ0n) is 15.4. The van der Waals surface area contributed by atoms with Crippen LogP contribution in [0.2, 0.25) is 0 Å². The van der Waals surface area contributed by atoms with Gasteiger partial charge in [-0.1, -0.05) is 18.2 Å². The summed E-state index contributed by atoms with van der Waals surface area (Å²) in [5.41, 5.74) is 1.86. The van der Waals surface area contributed by atoms with Crippen LogP contribution < -0.4 is 5.32 Å². The van der Waals surface area contributed by atoms with Gasteiger partial charge in [0.25, 0.3) is 5.91 Å². The zero-order valence-corrected chi connectivity index (χ0v) is 15.4. The molecule has 0 unspecified atom stereocenters. The number of nitrogens with zero attached hydrogens (tertiary/aromatic N) is 3.